The molecule has 13 heteroatoms. The first-order valence-corrected chi connectivity index (χ1v) is 12.9. The second-order valence-electron chi connectivity index (χ2n) is 9.06. The fraction of sp³-hybridized carbons (Fsp3) is 0.400. The standard InChI is InChI=1S/C25H25F4N5O3S/c26-23(27)18-9-20(24(28)29)34(31-18)11-22(36)33-7-5-14(6-8-33)25-30-19(13-38-25)17-10-21(37-32-17)16-4-2-1-3-15(16)12-35/h1-4,9-10,13-14,21,23-24,32,35H,5-8,11-12H2. The van der Waals surface area contributed by atoms with Gasteiger partial charge in [-0.25, -0.2) is 22.5 Å². The van der Waals surface area contributed by atoms with Crippen LogP contribution in [-0.2, 0) is 22.8 Å². The molecule has 202 valence electrons. The number of benzene rings is 1. The molecule has 2 aliphatic heterocycles. The van der Waals surface area contributed by atoms with Crippen molar-refractivity contribution in [1.29, 1.82) is 0 Å². The maximum atomic E-state index is 13.2. The average molecular weight is 552 g/mol. The first-order valence-electron chi connectivity index (χ1n) is 12.0. The lowest BCUT2D eigenvalue weighted by Crippen LogP contribution is -2.40. The number of hydroxylamine groups is 1. The van der Waals surface area contributed by atoms with Crippen LogP contribution in [0.15, 0.2) is 41.8 Å². The Balaban J connectivity index is 1.19. The van der Waals surface area contributed by atoms with Crippen molar-refractivity contribution in [3.05, 3.63) is 75.0 Å². The lowest BCUT2D eigenvalue weighted by Gasteiger charge is -2.31. The zero-order chi connectivity index (χ0) is 26.8. The van der Waals surface area contributed by atoms with E-state index in [1.165, 1.54) is 11.3 Å². The first-order chi connectivity index (χ1) is 18.3. The summed E-state index contributed by atoms with van der Waals surface area (Å²) in [5.74, 6) is -0.320. The highest BCUT2D eigenvalue weighted by Gasteiger charge is 2.29. The molecule has 0 radical (unpaired) electrons. The van der Waals surface area contributed by atoms with Gasteiger partial charge in [0.2, 0.25) is 5.91 Å². The van der Waals surface area contributed by atoms with Crippen LogP contribution in [0.2, 0.25) is 0 Å². The van der Waals surface area contributed by atoms with E-state index in [-0.39, 0.29) is 18.6 Å². The Kier molecular flexibility index (Phi) is 7.77. The van der Waals surface area contributed by atoms with Crippen LogP contribution >= 0.6 is 11.3 Å². The molecule has 2 N–H and O–H groups in total. The van der Waals surface area contributed by atoms with Crippen LogP contribution < -0.4 is 5.48 Å². The van der Waals surface area contributed by atoms with Gasteiger partial charge in [-0.1, -0.05) is 24.3 Å². The highest BCUT2D eigenvalue weighted by atomic mass is 32.1. The summed E-state index contributed by atoms with van der Waals surface area (Å²) in [6.07, 6.45) is -3.18. The van der Waals surface area contributed by atoms with Gasteiger partial charge >= 0.3 is 0 Å². The molecule has 0 spiro atoms. The summed E-state index contributed by atoms with van der Waals surface area (Å²) >= 11 is 1.51. The summed E-state index contributed by atoms with van der Waals surface area (Å²) < 4.78 is 52.9. The van der Waals surface area contributed by atoms with E-state index >= 15 is 0 Å². The second-order valence-corrected chi connectivity index (χ2v) is 9.95. The largest absolute Gasteiger partial charge is 0.392 e. The number of thiazole rings is 1. The monoisotopic (exact) mass is 551 g/mol. The SMILES string of the molecule is O=C(Cn1nc(C(F)F)cc1C(F)F)N1CCC(c2nc(C3=CC(c4ccccc4CO)ON3)cs2)CC1. The third-order valence-electron chi connectivity index (χ3n) is 6.70. The third-order valence-corrected chi connectivity index (χ3v) is 7.71. The van der Waals surface area contributed by atoms with E-state index in [2.05, 4.69) is 10.6 Å². The molecule has 0 saturated carbocycles. The van der Waals surface area contributed by atoms with Crippen LogP contribution in [0.3, 0.4) is 0 Å². The molecule has 8 nitrogen and oxygen atoms in total. The van der Waals surface area contributed by atoms with Gasteiger partial charge in [0, 0.05) is 24.4 Å². The number of amides is 1. The van der Waals surface area contributed by atoms with Crippen LogP contribution in [0.25, 0.3) is 5.70 Å². The molecule has 4 heterocycles. The molecule has 5 rings (SSSR count). The van der Waals surface area contributed by atoms with E-state index in [0.717, 1.165) is 27.5 Å². The highest BCUT2D eigenvalue weighted by Crippen LogP contribution is 2.35. The lowest BCUT2D eigenvalue weighted by atomic mass is 9.97. The number of alkyl halides is 4. The molecule has 1 aromatic carbocycles. The number of carbonyl (C=O) groups is 1. The number of hydrogen-bond donors (Lipinski definition) is 2. The molecule has 3 aromatic rings. The van der Waals surface area contributed by atoms with Crippen LogP contribution in [0.4, 0.5) is 17.6 Å². The van der Waals surface area contributed by atoms with Crippen molar-refractivity contribution in [2.24, 2.45) is 0 Å². The zero-order valence-corrected chi connectivity index (χ0v) is 20.9. The lowest BCUT2D eigenvalue weighted by molar-refractivity contribution is -0.133. The molecular weight excluding hydrogens is 526 g/mol. The number of nitrogens with zero attached hydrogens (tertiary/aromatic N) is 4. The Hall–Kier alpha value is -3.29. The summed E-state index contributed by atoms with van der Waals surface area (Å²) in [6.45, 7) is 0.192. The summed E-state index contributed by atoms with van der Waals surface area (Å²) in [4.78, 5) is 24.7. The van der Waals surface area contributed by atoms with E-state index in [4.69, 9.17) is 9.82 Å². The molecule has 1 amide bonds. The van der Waals surface area contributed by atoms with E-state index in [9.17, 15) is 27.5 Å². The number of likely N-dealkylation sites (tertiary alicyclic amines) is 1. The van der Waals surface area contributed by atoms with Gasteiger partial charge in [0.05, 0.1) is 23.0 Å². The van der Waals surface area contributed by atoms with E-state index in [1.54, 1.807) is 4.90 Å². The van der Waals surface area contributed by atoms with Gasteiger partial charge in [-0.05, 0) is 36.1 Å². The van der Waals surface area contributed by atoms with Gasteiger partial charge in [-0.15, -0.1) is 11.3 Å². The number of aromatic nitrogens is 3. The fourth-order valence-corrected chi connectivity index (χ4v) is 5.65. The van der Waals surface area contributed by atoms with Crippen molar-refractivity contribution in [2.75, 3.05) is 13.1 Å². The third kappa shape index (κ3) is 5.45. The smallest absolute Gasteiger partial charge is 0.282 e. The second kappa shape index (κ2) is 11.2. The number of carbonyl (C=O) groups excluding carboxylic acids is 1. The normalized spacial score (nSPS) is 18.3. The van der Waals surface area contributed by atoms with Gasteiger partial charge in [-0.3, -0.25) is 19.8 Å². The minimum atomic E-state index is -3.01. The van der Waals surface area contributed by atoms with Crippen molar-refractivity contribution in [3.8, 4) is 0 Å². The Bertz CT molecular complexity index is 1320. The molecule has 1 saturated heterocycles. The summed E-state index contributed by atoms with van der Waals surface area (Å²) in [5, 5.41) is 15.9. The molecule has 2 aliphatic rings. The molecule has 1 atom stereocenters. The molecule has 2 aromatic heterocycles. The summed E-state index contributed by atoms with van der Waals surface area (Å²) in [5.41, 5.74) is 4.57. The highest BCUT2D eigenvalue weighted by molar-refractivity contribution is 7.09. The van der Waals surface area contributed by atoms with Gasteiger partial charge in [0.25, 0.3) is 12.9 Å². The number of rotatable bonds is 8. The van der Waals surface area contributed by atoms with Crippen molar-refractivity contribution in [3.63, 3.8) is 0 Å². The first kappa shape index (κ1) is 26.3. The predicted octanol–water partition coefficient (Wildman–Crippen LogP) is 4.73. The molecule has 1 fully saturated rings. The van der Waals surface area contributed by atoms with Crippen LogP contribution in [0.5, 0.6) is 0 Å². The van der Waals surface area contributed by atoms with Crippen molar-refractivity contribution < 1.29 is 32.3 Å². The summed E-state index contributed by atoms with van der Waals surface area (Å²) in [6, 6.07) is 8.12. The van der Waals surface area contributed by atoms with Gasteiger partial charge < -0.3 is 10.0 Å². The average Bonchev–Trinajstić information content (AvgIpc) is 3.68. The topological polar surface area (TPSA) is 92.5 Å². The van der Waals surface area contributed by atoms with Crippen molar-refractivity contribution in [1.82, 2.24) is 25.1 Å². The number of aliphatic hydroxyl groups is 1. The molecular formula is C25H25F4N5O3S. The maximum absolute atomic E-state index is 13.2. The maximum Gasteiger partial charge on any atom is 0.282 e. The minimum absolute atomic E-state index is 0.0900. The molecule has 0 bridgehead atoms. The molecule has 1 unspecified atom stereocenters. The van der Waals surface area contributed by atoms with Crippen LogP contribution in [0, 0.1) is 0 Å². The zero-order valence-electron chi connectivity index (χ0n) is 20.1. The number of aliphatic hydroxyl groups excluding tert-OH is 1. The van der Waals surface area contributed by atoms with Crippen molar-refractivity contribution >= 4 is 22.9 Å². The quantitative estimate of drug-likeness (QED) is 0.394. The predicted molar refractivity (Wildman–Crippen MR) is 130 cm³/mol. The minimum Gasteiger partial charge on any atom is -0.392 e. The van der Waals surface area contributed by atoms with Crippen LogP contribution in [0.1, 0.15) is 70.9 Å². The Morgan fingerprint density at radius 2 is 1.95 bits per heavy atom. The molecule has 0 aliphatic carbocycles. The Labute approximate surface area is 219 Å². The Morgan fingerprint density at radius 1 is 1.18 bits per heavy atom. The summed E-state index contributed by atoms with van der Waals surface area (Å²) in [7, 11) is 0. The van der Waals surface area contributed by atoms with E-state index < -0.39 is 36.7 Å². The van der Waals surface area contributed by atoms with Crippen molar-refractivity contribution in [2.45, 2.75) is 50.9 Å². The molecule has 38 heavy (non-hydrogen) atoms. The van der Waals surface area contributed by atoms with Gasteiger partial charge in [0.1, 0.15) is 24.0 Å². The number of hydrogen-bond acceptors (Lipinski definition) is 7. The van der Waals surface area contributed by atoms with Crippen LogP contribution in [-0.4, -0.2) is 43.8 Å². The fourth-order valence-electron chi connectivity index (χ4n) is 4.66. The number of piperidine rings is 1. The van der Waals surface area contributed by atoms with Gasteiger partial charge in [0.15, 0.2) is 0 Å². The number of nitrogens with one attached hydrogen (secondary N) is 1. The van der Waals surface area contributed by atoms with E-state index in [1.807, 2.05) is 35.7 Å². The number of halogens is 4. The van der Waals surface area contributed by atoms with Gasteiger partial charge in [-0.2, -0.15) is 5.10 Å². The van der Waals surface area contributed by atoms with E-state index in [0.29, 0.717) is 36.7 Å². The Morgan fingerprint density at radius 3 is 2.66 bits per heavy atom.